The standard InChI is InChI=1S/C48H48O8P2/c49-45(55-57(39-23-7-1-8-24-39,40-25-9-2-10-26-40)41-27-11-3-12-28-41)35-37(47(51)52)21-19-20-22-38(48(53)54)36-46(50)56-58(42-29-13-4-14-30-42,43-31-15-5-16-32-43)44-33-17-6-18-34-44/h1-18,23-34,37-38,57-58H,19-22,35-36H2,(H,51,52)(H,53,54). The van der Waals surface area contributed by atoms with Gasteiger partial charge in [0.05, 0.1) is 0 Å². The Labute approximate surface area is 340 Å². The van der Waals surface area contributed by atoms with Crippen LogP contribution in [0, 0.1) is 11.8 Å². The van der Waals surface area contributed by atoms with Crippen molar-refractivity contribution < 1.29 is 38.4 Å². The molecule has 0 saturated heterocycles. The minimum atomic E-state index is -3.40. The fourth-order valence-corrected chi connectivity index (χ4v) is 15.2. The summed E-state index contributed by atoms with van der Waals surface area (Å²) in [6.45, 7) is 0. The fraction of sp³-hybridized carbons (Fsp3) is 0.167. The van der Waals surface area contributed by atoms with Crippen molar-refractivity contribution in [1.29, 1.82) is 0 Å². The molecule has 0 aliphatic carbocycles. The molecule has 0 bridgehead atoms. The zero-order chi connectivity index (χ0) is 40.8. The molecular formula is C48H48O8P2. The third kappa shape index (κ3) is 9.77. The normalized spacial score (nSPS) is 13.0. The number of carbonyl (C=O) groups excluding carboxylic acids is 2. The van der Waals surface area contributed by atoms with E-state index in [0.717, 1.165) is 31.8 Å². The van der Waals surface area contributed by atoms with Crippen molar-refractivity contribution in [3.63, 3.8) is 0 Å². The van der Waals surface area contributed by atoms with Gasteiger partial charge in [0.2, 0.25) is 0 Å². The number of carbonyl (C=O) groups is 4. The van der Waals surface area contributed by atoms with E-state index in [9.17, 15) is 29.4 Å². The zero-order valence-electron chi connectivity index (χ0n) is 32.1. The molecular weight excluding hydrogens is 766 g/mol. The van der Waals surface area contributed by atoms with Crippen LogP contribution >= 0.6 is 15.0 Å². The van der Waals surface area contributed by atoms with Gasteiger partial charge in [0.15, 0.2) is 0 Å². The molecule has 0 heterocycles. The van der Waals surface area contributed by atoms with E-state index in [1.807, 2.05) is 182 Å². The SMILES string of the molecule is O=C(CC(CCCCC(CC(=O)O[PH](c1ccccc1)(c1ccccc1)c1ccccc1)C(=O)O)C(=O)O)O[PH](c1ccccc1)(c1ccccc1)c1ccccc1. The van der Waals surface area contributed by atoms with E-state index in [2.05, 4.69) is 0 Å². The third-order valence-electron chi connectivity index (χ3n) is 10.5. The number of carboxylic acid groups (broad SMARTS) is 2. The van der Waals surface area contributed by atoms with Gasteiger partial charge in [-0.15, -0.1) is 0 Å². The van der Waals surface area contributed by atoms with Crippen molar-refractivity contribution in [2.45, 2.75) is 38.5 Å². The molecule has 2 N–H and O–H groups in total. The number of hydrogen-bond donors (Lipinski definition) is 2. The maximum atomic E-state index is 13.9. The molecule has 58 heavy (non-hydrogen) atoms. The number of hydrogen-bond acceptors (Lipinski definition) is 6. The first kappa shape index (κ1) is 41.7. The molecule has 0 fully saturated rings. The molecule has 0 amide bonds. The van der Waals surface area contributed by atoms with E-state index < -0.39 is 50.7 Å². The van der Waals surface area contributed by atoms with E-state index in [4.69, 9.17) is 9.05 Å². The number of benzene rings is 6. The van der Waals surface area contributed by atoms with E-state index in [0.29, 0.717) is 12.8 Å². The van der Waals surface area contributed by atoms with Crippen LogP contribution in [0.3, 0.4) is 0 Å². The van der Waals surface area contributed by atoms with Gasteiger partial charge in [-0.2, -0.15) is 0 Å². The van der Waals surface area contributed by atoms with Crippen LogP contribution in [0.15, 0.2) is 182 Å². The predicted molar refractivity (Wildman–Crippen MR) is 235 cm³/mol. The van der Waals surface area contributed by atoms with Crippen molar-refractivity contribution in [1.82, 2.24) is 0 Å². The first-order valence-electron chi connectivity index (χ1n) is 19.5. The Balaban J connectivity index is 1.14. The first-order chi connectivity index (χ1) is 28.2. The number of aliphatic carboxylic acids is 2. The van der Waals surface area contributed by atoms with Crippen LogP contribution in [0.4, 0.5) is 0 Å². The molecule has 0 radical (unpaired) electrons. The molecule has 2 atom stereocenters. The van der Waals surface area contributed by atoms with Crippen molar-refractivity contribution in [2.24, 2.45) is 11.8 Å². The molecule has 0 saturated carbocycles. The molecule has 2 unspecified atom stereocenters. The van der Waals surface area contributed by atoms with Crippen LogP contribution in [0.2, 0.25) is 0 Å². The average molecular weight is 815 g/mol. The Morgan fingerprint density at radius 3 is 0.776 bits per heavy atom. The van der Waals surface area contributed by atoms with Gasteiger partial charge in [0, 0.05) is 0 Å². The maximum absolute atomic E-state index is 13.9. The summed E-state index contributed by atoms with van der Waals surface area (Å²) in [4.78, 5) is 52.8. The second-order valence-electron chi connectivity index (χ2n) is 14.3. The molecule has 298 valence electrons. The fourth-order valence-electron chi connectivity index (χ4n) is 7.63. The second-order valence-corrected chi connectivity index (χ2v) is 20.9. The summed E-state index contributed by atoms with van der Waals surface area (Å²) < 4.78 is 13.1. The zero-order valence-corrected chi connectivity index (χ0v) is 34.1. The summed E-state index contributed by atoms with van der Waals surface area (Å²) in [5.74, 6) is -5.61. The van der Waals surface area contributed by atoms with Crippen LogP contribution in [-0.2, 0) is 28.2 Å². The minimum absolute atomic E-state index is 0.129. The van der Waals surface area contributed by atoms with E-state index >= 15 is 0 Å². The van der Waals surface area contributed by atoms with Crippen LogP contribution in [-0.4, -0.2) is 34.1 Å². The van der Waals surface area contributed by atoms with Crippen LogP contribution in [0.5, 0.6) is 0 Å². The predicted octanol–water partition coefficient (Wildman–Crippen LogP) is 7.10. The summed E-state index contributed by atoms with van der Waals surface area (Å²) in [6, 6.07) is 57.4. The average Bonchev–Trinajstić information content (AvgIpc) is 3.27. The molecule has 6 rings (SSSR count). The Hall–Kier alpha value is -5.94. The van der Waals surface area contributed by atoms with Gasteiger partial charge in [-0.1, -0.05) is 0 Å². The molecule has 10 heteroatoms. The topological polar surface area (TPSA) is 127 Å². The second kappa shape index (κ2) is 20.0. The summed E-state index contributed by atoms with van der Waals surface area (Å²) >= 11 is 0. The number of rotatable bonds is 19. The quantitative estimate of drug-likeness (QED) is 0.0656. The van der Waals surface area contributed by atoms with Gasteiger partial charge in [0.25, 0.3) is 0 Å². The summed E-state index contributed by atoms with van der Waals surface area (Å²) in [5.41, 5.74) is 0. The van der Waals surface area contributed by atoms with Gasteiger partial charge in [-0.05, 0) is 0 Å². The van der Waals surface area contributed by atoms with Gasteiger partial charge in [0.1, 0.15) is 0 Å². The molecule has 0 aliphatic heterocycles. The Bertz CT molecular complexity index is 1890. The molecule has 6 aromatic rings. The number of unbranched alkanes of at least 4 members (excludes halogenated alkanes) is 1. The Morgan fingerprint density at radius 2 is 0.586 bits per heavy atom. The van der Waals surface area contributed by atoms with Gasteiger partial charge >= 0.3 is 341 Å². The summed E-state index contributed by atoms with van der Waals surface area (Å²) in [6.07, 6.45) is 0.220. The monoisotopic (exact) mass is 814 g/mol. The molecule has 6 aromatic carbocycles. The van der Waals surface area contributed by atoms with E-state index in [1.54, 1.807) is 0 Å². The third-order valence-corrected chi connectivity index (χ3v) is 18.4. The van der Waals surface area contributed by atoms with Crippen molar-refractivity contribution in [3.8, 4) is 0 Å². The van der Waals surface area contributed by atoms with Crippen molar-refractivity contribution >= 4 is 70.7 Å². The first-order valence-corrected chi connectivity index (χ1v) is 23.3. The number of carboxylic acids is 2. The van der Waals surface area contributed by atoms with E-state index in [-0.39, 0.29) is 25.7 Å². The molecule has 0 aliphatic rings. The van der Waals surface area contributed by atoms with Gasteiger partial charge in [-0.3, -0.25) is 0 Å². The van der Waals surface area contributed by atoms with Crippen molar-refractivity contribution in [3.05, 3.63) is 182 Å². The van der Waals surface area contributed by atoms with Crippen molar-refractivity contribution in [2.75, 3.05) is 0 Å². The van der Waals surface area contributed by atoms with Crippen LogP contribution in [0.1, 0.15) is 38.5 Å². The molecule has 0 aromatic heterocycles. The molecule has 8 nitrogen and oxygen atoms in total. The van der Waals surface area contributed by atoms with E-state index in [1.165, 1.54) is 0 Å². The van der Waals surface area contributed by atoms with Crippen LogP contribution in [0.25, 0.3) is 0 Å². The summed E-state index contributed by atoms with van der Waals surface area (Å²) in [7, 11) is -6.80. The van der Waals surface area contributed by atoms with Gasteiger partial charge < -0.3 is 0 Å². The van der Waals surface area contributed by atoms with Crippen LogP contribution < -0.4 is 31.8 Å². The Morgan fingerprint density at radius 1 is 0.379 bits per heavy atom. The molecule has 0 spiro atoms. The van der Waals surface area contributed by atoms with Gasteiger partial charge in [-0.25, -0.2) is 0 Å². The summed E-state index contributed by atoms with van der Waals surface area (Å²) in [5, 5.41) is 25.6. The Kier molecular flexibility index (Phi) is 14.3.